The molecule has 2 aromatic rings. The lowest BCUT2D eigenvalue weighted by Crippen LogP contribution is -2.16. The van der Waals surface area contributed by atoms with Crippen LogP contribution in [-0.2, 0) is 0 Å². The number of furan rings is 1. The Balaban J connectivity index is 1.99. The fraction of sp³-hybridized carbons (Fsp3) is 0.438. The zero-order chi connectivity index (χ0) is 12.7. The van der Waals surface area contributed by atoms with Gasteiger partial charge in [-0.25, -0.2) is 0 Å². The van der Waals surface area contributed by atoms with Gasteiger partial charge in [0.2, 0.25) is 5.78 Å². The van der Waals surface area contributed by atoms with E-state index >= 15 is 0 Å². The maximum atomic E-state index is 12.4. The van der Waals surface area contributed by atoms with Crippen LogP contribution < -0.4 is 0 Å². The minimum atomic E-state index is 0.158. The predicted molar refractivity (Wildman–Crippen MR) is 71.8 cm³/mol. The number of aryl methyl sites for hydroxylation is 1. The first-order valence-corrected chi connectivity index (χ1v) is 6.70. The third-order valence-electron chi connectivity index (χ3n) is 4.18. The van der Waals surface area contributed by atoms with Gasteiger partial charge in [0.1, 0.15) is 5.58 Å². The fourth-order valence-corrected chi connectivity index (χ4v) is 3.05. The third kappa shape index (κ3) is 1.76. The predicted octanol–water partition coefficient (Wildman–Crippen LogP) is 4.36. The molecule has 94 valence electrons. The maximum Gasteiger partial charge on any atom is 0.201 e. The average molecular weight is 242 g/mol. The van der Waals surface area contributed by atoms with Gasteiger partial charge in [-0.3, -0.25) is 4.79 Å². The second-order valence-corrected chi connectivity index (χ2v) is 5.48. The molecule has 1 heterocycles. The molecule has 0 aliphatic heterocycles. The van der Waals surface area contributed by atoms with Gasteiger partial charge in [0.15, 0.2) is 5.76 Å². The summed E-state index contributed by atoms with van der Waals surface area (Å²) in [5, 5.41) is 1.03. The van der Waals surface area contributed by atoms with Crippen molar-refractivity contribution in [3.05, 3.63) is 35.6 Å². The second-order valence-electron chi connectivity index (χ2n) is 5.48. The van der Waals surface area contributed by atoms with Crippen LogP contribution in [0.2, 0.25) is 0 Å². The van der Waals surface area contributed by atoms with Crippen LogP contribution in [0.4, 0.5) is 0 Å². The summed E-state index contributed by atoms with van der Waals surface area (Å²) in [5.41, 5.74) is 1.94. The molecule has 2 heteroatoms. The summed E-state index contributed by atoms with van der Waals surface area (Å²) in [6.45, 7) is 4.18. The lowest BCUT2D eigenvalue weighted by Gasteiger charge is -2.11. The van der Waals surface area contributed by atoms with E-state index in [2.05, 4.69) is 6.92 Å². The molecule has 18 heavy (non-hydrogen) atoms. The first kappa shape index (κ1) is 11.5. The van der Waals surface area contributed by atoms with Crippen molar-refractivity contribution in [2.45, 2.75) is 33.1 Å². The molecule has 0 radical (unpaired) electrons. The average Bonchev–Trinajstić information content (AvgIpc) is 2.95. The van der Waals surface area contributed by atoms with Crippen LogP contribution in [-0.4, -0.2) is 5.78 Å². The monoisotopic (exact) mass is 242 g/mol. The molecule has 2 nitrogen and oxygen atoms in total. The van der Waals surface area contributed by atoms with Crippen LogP contribution >= 0.6 is 0 Å². The van der Waals surface area contributed by atoms with E-state index < -0.39 is 0 Å². The minimum absolute atomic E-state index is 0.158. The fourth-order valence-electron chi connectivity index (χ4n) is 3.05. The number of Topliss-reactive ketones (excluding diaryl/α,β-unsaturated/α-hetero) is 1. The number of rotatable bonds is 2. The van der Waals surface area contributed by atoms with E-state index in [0.717, 1.165) is 35.8 Å². The highest BCUT2D eigenvalue weighted by Crippen LogP contribution is 2.35. The Hall–Kier alpha value is -1.57. The van der Waals surface area contributed by atoms with Crippen LogP contribution in [0, 0.1) is 18.8 Å². The molecule has 0 bridgehead atoms. The Kier molecular flexibility index (Phi) is 2.73. The van der Waals surface area contributed by atoms with E-state index in [1.165, 1.54) is 0 Å². The van der Waals surface area contributed by atoms with Gasteiger partial charge in [0.05, 0.1) is 0 Å². The number of ketones is 1. The molecule has 2 unspecified atom stereocenters. The van der Waals surface area contributed by atoms with Crippen molar-refractivity contribution in [3.8, 4) is 0 Å². The highest BCUT2D eigenvalue weighted by molar-refractivity contribution is 5.99. The number of fused-ring (bicyclic) bond motifs is 1. The molecule has 1 aromatic heterocycles. The third-order valence-corrected chi connectivity index (χ3v) is 4.18. The van der Waals surface area contributed by atoms with Gasteiger partial charge < -0.3 is 4.42 Å². The Labute approximate surface area is 107 Å². The molecule has 2 atom stereocenters. The summed E-state index contributed by atoms with van der Waals surface area (Å²) in [7, 11) is 0. The lowest BCUT2D eigenvalue weighted by atomic mass is 9.92. The summed E-state index contributed by atoms with van der Waals surface area (Å²) in [6, 6.07) is 7.91. The molecule has 0 amide bonds. The molecule has 1 fully saturated rings. The van der Waals surface area contributed by atoms with Crippen LogP contribution in [0.5, 0.6) is 0 Å². The van der Waals surface area contributed by atoms with Crippen molar-refractivity contribution in [1.29, 1.82) is 0 Å². The van der Waals surface area contributed by atoms with E-state index in [1.54, 1.807) is 0 Å². The normalized spacial score (nSPS) is 23.7. The second kappa shape index (κ2) is 4.27. The Morgan fingerprint density at radius 2 is 2.17 bits per heavy atom. The number of para-hydroxylation sites is 1. The first-order valence-electron chi connectivity index (χ1n) is 6.70. The van der Waals surface area contributed by atoms with Crippen LogP contribution in [0.25, 0.3) is 11.0 Å². The Morgan fingerprint density at radius 1 is 1.33 bits per heavy atom. The molecule has 1 aliphatic rings. The highest BCUT2D eigenvalue weighted by atomic mass is 16.3. The Morgan fingerprint density at radius 3 is 2.83 bits per heavy atom. The number of hydrogen-bond donors (Lipinski definition) is 0. The lowest BCUT2D eigenvalue weighted by molar-refractivity contribution is 0.0870. The molecule has 1 aromatic carbocycles. The standard InChI is InChI=1S/C16H18O2/c1-10-5-4-8-13(10)15(17)14-9-12-7-3-6-11(2)16(12)18-14/h3,6-7,9-10,13H,4-5,8H2,1-2H3. The van der Waals surface area contributed by atoms with E-state index in [-0.39, 0.29) is 11.7 Å². The van der Waals surface area contributed by atoms with Crippen molar-refractivity contribution in [2.75, 3.05) is 0 Å². The van der Waals surface area contributed by atoms with Gasteiger partial charge in [-0.2, -0.15) is 0 Å². The first-order chi connectivity index (χ1) is 8.66. The Bertz CT molecular complexity index is 594. The molecule has 3 rings (SSSR count). The van der Waals surface area contributed by atoms with Gasteiger partial charge in [0, 0.05) is 11.3 Å². The zero-order valence-electron chi connectivity index (χ0n) is 10.9. The van der Waals surface area contributed by atoms with E-state index in [4.69, 9.17) is 4.42 Å². The highest BCUT2D eigenvalue weighted by Gasteiger charge is 2.32. The quantitative estimate of drug-likeness (QED) is 0.732. The van der Waals surface area contributed by atoms with Gasteiger partial charge in [-0.15, -0.1) is 0 Å². The summed E-state index contributed by atoms with van der Waals surface area (Å²) in [6.07, 6.45) is 3.34. The van der Waals surface area contributed by atoms with Crippen molar-refractivity contribution < 1.29 is 9.21 Å². The van der Waals surface area contributed by atoms with Crippen molar-refractivity contribution in [3.63, 3.8) is 0 Å². The number of carbonyl (C=O) groups excluding carboxylic acids is 1. The van der Waals surface area contributed by atoms with Crippen LogP contribution in [0.1, 0.15) is 42.3 Å². The smallest absolute Gasteiger partial charge is 0.201 e. The van der Waals surface area contributed by atoms with Crippen LogP contribution in [0.15, 0.2) is 28.7 Å². The van der Waals surface area contributed by atoms with Gasteiger partial charge in [-0.1, -0.05) is 31.5 Å². The molecule has 0 saturated heterocycles. The molecule has 0 N–H and O–H groups in total. The molecular formula is C16H18O2. The molecule has 0 spiro atoms. The van der Waals surface area contributed by atoms with E-state index in [1.807, 2.05) is 31.2 Å². The minimum Gasteiger partial charge on any atom is -0.453 e. The van der Waals surface area contributed by atoms with Gasteiger partial charge in [-0.05, 0) is 37.3 Å². The van der Waals surface area contributed by atoms with E-state index in [9.17, 15) is 4.79 Å². The SMILES string of the molecule is Cc1cccc2cc(C(=O)C3CCCC3C)oc12. The van der Waals surface area contributed by atoms with E-state index in [0.29, 0.717) is 11.7 Å². The largest absolute Gasteiger partial charge is 0.453 e. The zero-order valence-corrected chi connectivity index (χ0v) is 10.9. The number of hydrogen-bond acceptors (Lipinski definition) is 2. The molecule has 1 saturated carbocycles. The number of carbonyl (C=O) groups is 1. The maximum absolute atomic E-state index is 12.4. The summed E-state index contributed by atoms with van der Waals surface area (Å²) in [4.78, 5) is 12.4. The van der Waals surface area contributed by atoms with Gasteiger partial charge in [0.25, 0.3) is 0 Å². The van der Waals surface area contributed by atoms with Crippen molar-refractivity contribution in [1.82, 2.24) is 0 Å². The summed E-state index contributed by atoms with van der Waals surface area (Å²) >= 11 is 0. The topological polar surface area (TPSA) is 30.2 Å². The number of benzene rings is 1. The van der Waals surface area contributed by atoms with Crippen molar-refractivity contribution in [2.24, 2.45) is 11.8 Å². The van der Waals surface area contributed by atoms with Gasteiger partial charge >= 0.3 is 0 Å². The molecular weight excluding hydrogens is 224 g/mol. The van der Waals surface area contributed by atoms with Crippen molar-refractivity contribution >= 4 is 16.8 Å². The summed E-state index contributed by atoms with van der Waals surface area (Å²) in [5.74, 6) is 1.38. The molecule has 1 aliphatic carbocycles. The summed E-state index contributed by atoms with van der Waals surface area (Å²) < 4.78 is 5.77. The van der Waals surface area contributed by atoms with Crippen LogP contribution in [0.3, 0.4) is 0 Å².